The summed E-state index contributed by atoms with van der Waals surface area (Å²) in [7, 11) is -3.97. The minimum atomic E-state index is -3.97. The molecule has 140 valence electrons. The van der Waals surface area contributed by atoms with Crippen LogP contribution in [0.25, 0.3) is 0 Å². The molecule has 0 aliphatic carbocycles. The monoisotopic (exact) mass is 375 g/mol. The third kappa shape index (κ3) is 4.07. The Morgan fingerprint density at radius 2 is 1.46 bits per heavy atom. The maximum atomic E-state index is 12.6. The quantitative estimate of drug-likeness (QED) is 0.719. The number of carbonyl (C=O) groups is 1. The van der Waals surface area contributed by atoms with E-state index >= 15 is 0 Å². The van der Waals surface area contributed by atoms with Crippen LogP contribution in [0, 0.1) is 20.8 Å². The Labute approximate surface area is 155 Å². The van der Waals surface area contributed by atoms with Crippen molar-refractivity contribution in [3.05, 3.63) is 58.7 Å². The first kappa shape index (κ1) is 20.0. The molecule has 0 saturated heterocycles. The van der Waals surface area contributed by atoms with E-state index in [1.54, 1.807) is 4.90 Å². The van der Waals surface area contributed by atoms with Crippen LogP contribution in [0.3, 0.4) is 0 Å². The highest BCUT2D eigenvalue weighted by molar-refractivity contribution is 7.87. The molecule has 0 heterocycles. The van der Waals surface area contributed by atoms with Crippen molar-refractivity contribution >= 4 is 16.0 Å². The summed E-state index contributed by atoms with van der Waals surface area (Å²) in [5, 5.41) is 0. The van der Waals surface area contributed by atoms with Gasteiger partial charge < -0.3 is 9.08 Å². The maximum absolute atomic E-state index is 12.6. The average Bonchev–Trinajstić information content (AvgIpc) is 2.63. The SMILES string of the molecule is CCN(CC)C(=O)c1ccc(S(=O)(=O)Oc2c(C)ccc(C)c2C)cc1. The van der Waals surface area contributed by atoms with E-state index in [1.165, 1.54) is 24.3 Å². The molecule has 0 aliphatic heterocycles. The van der Waals surface area contributed by atoms with Gasteiger partial charge in [-0.1, -0.05) is 12.1 Å². The molecule has 0 aliphatic rings. The van der Waals surface area contributed by atoms with Crippen LogP contribution in [-0.2, 0) is 10.1 Å². The standard InChI is InChI=1S/C20H25NO4S/c1-6-21(7-2)20(22)17-10-12-18(13-11-17)26(23,24)25-19-15(4)9-8-14(3)16(19)5/h8-13H,6-7H2,1-5H3. The second kappa shape index (κ2) is 7.91. The summed E-state index contributed by atoms with van der Waals surface area (Å²) in [6.07, 6.45) is 0. The molecule has 5 nitrogen and oxygen atoms in total. The first-order valence-corrected chi connectivity index (χ1v) is 10.0. The van der Waals surface area contributed by atoms with E-state index < -0.39 is 10.1 Å². The van der Waals surface area contributed by atoms with Crippen molar-refractivity contribution in [3.63, 3.8) is 0 Å². The highest BCUT2D eigenvalue weighted by Gasteiger charge is 2.21. The molecular formula is C20H25NO4S. The highest BCUT2D eigenvalue weighted by atomic mass is 32.2. The van der Waals surface area contributed by atoms with Crippen LogP contribution in [0.15, 0.2) is 41.3 Å². The number of benzene rings is 2. The van der Waals surface area contributed by atoms with Gasteiger partial charge in [0.15, 0.2) is 0 Å². The molecule has 0 N–H and O–H groups in total. The summed E-state index contributed by atoms with van der Waals surface area (Å²) in [5.41, 5.74) is 2.96. The number of amides is 1. The zero-order valence-electron chi connectivity index (χ0n) is 15.9. The first-order valence-electron chi connectivity index (χ1n) is 8.61. The maximum Gasteiger partial charge on any atom is 0.339 e. The van der Waals surface area contributed by atoms with E-state index in [9.17, 15) is 13.2 Å². The third-order valence-corrected chi connectivity index (χ3v) is 5.74. The normalized spacial score (nSPS) is 11.3. The molecule has 0 aromatic heterocycles. The van der Waals surface area contributed by atoms with Crippen LogP contribution in [0.2, 0.25) is 0 Å². The molecule has 0 saturated carbocycles. The van der Waals surface area contributed by atoms with Crippen LogP contribution in [0.4, 0.5) is 0 Å². The Balaban J connectivity index is 2.31. The van der Waals surface area contributed by atoms with Gasteiger partial charge in [0.05, 0.1) is 0 Å². The number of hydrogen-bond donors (Lipinski definition) is 0. The van der Waals surface area contributed by atoms with Gasteiger partial charge in [0.1, 0.15) is 10.6 Å². The fraction of sp³-hybridized carbons (Fsp3) is 0.350. The van der Waals surface area contributed by atoms with Gasteiger partial charge in [0, 0.05) is 18.7 Å². The zero-order chi connectivity index (χ0) is 19.5. The summed E-state index contributed by atoms with van der Waals surface area (Å²) in [5.74, 6) is 0.235. The first-order chi connectivity index (χ1) is 12.2. The Kier molecular flexibility index (Phi) is 6.08. The van der Waals surface area contributed by atoms with Crippen LogP contribution in [0.5, 0.6) is 5.75 Å². The van der Waals surface area contributed by atoms with Gasteiger partial charge in [-0.15, -0.1) is 0 Å². The van der Waals surface area contributed by atoms with Gasteiger partial charge in [-0.25, -0.2) is 0 Å². The lowest BCUT2D eigenvalue weighted by molar-refractivity contribution is 0.0773. The predicted molar refractivity (Wildman–Crippen MR) is 102 cm³/mol. The van der Waals surface area contributed by atoms with Crippen molar-refractivity contribution < 1.29 is 17.4 Å². The minimum Gasteiger partial charge on any atom is -0.378 e. The number of rotatable bonds is 6. The molecule has 2 aromatic rings. The highest BCUT2D eigenvalue weighted by Crippen LogP contribution is 2.29. The van der Waals surface area contributed by atoms with E-state index in [-0.39, 0.29) is 10.8 Å². The van der Waals surface area contributed by atoms with Crippen molar-refractivity contribution in [2.75, 3.05) is 13.1 Å². The van der Waals surface area contributed by atoms with E-state index in [0.717, 1.165) is 16.7 Å². The van der Waals surface area contributed by atoms with Crippen LogP contribution in [0.1, 0.15) is 40.9 Å². The lowest BCUT2D eigenvalue weighted by Gasteiger charge is -2.18. The number of nitrogens with zero attached hydrogens (tertiary/aromatic N) is 1. The molecule has 6 heteroatoms. The molecular weight excluding hydrogens is 350 g/mol. The van der Waals surface area contributed by atoms with E-state index in [1.807, 2.05) is 46.8 Å². The van der Waals surface area contributed by atoms with Crippen molar-refractivity contribution in [2.45, 2.75) is 39.5 Å². The van der Waals surface area contributed by atoms with Crippen molar-refractivity contribution in [2.24, 2.45) is 0 Å². The van der Waals surface area contributed by atoms with Crippen LogP contribution < -0.4 is 4.18 Å². The molecule has 2 aromatic carbocycles. The summed E-state index contributed by atoms with van der Waals surface area (Å²) >= 11 is 0. The Hall–Kier alpha value is -2.34. The molecule has 2 rings (SSSR count). The topological polar surface area (TPSA) is 63.7 Å². The lowest BCUT2D eigenvalue weighted by Crippen LogP contribution is -2.30. The predicted octanol–water partition coefficient (Wildman–Crippen LogP) is 3.86. The molecule has 1 amide bonds. The van der Waals surface area contributed by atoms with Crippen LogP contribution in [-0.4, -0.2) is 32.3 Å². The van der Waals surface area contributed by atoms with Crippen molar-refractivity contribution in [3.8, 4) is 5.75 Å². The van der Waals surface area contributed by atoms with Gasteiger partial charge in [0.2, 0.25) is 0 Å². The Morgan fingerprint density at radius 1 is 0.923 bits per heavy atom. The van der Waals surface area contributed by atoms with Crippen molar-refractivity contribution in [1.82, 2.24) is 4.90 Å². The van der Waals surface area contributed by atoms with Gasteiger partial charge in [-0.3, -0.25) is 4.79 Å². The number of carbonyl (C=O) groups excluding carboxylic acids is 1. The molecule has 0 unspecified atom stereocenters. The Morgan fingerprint density at radius 3 is 2.00 bits per heavy atom. The summed E-state index contributed by atoms with van der Waals surface area (Å²) < 4.78 is 30.7. The van der Waals surface area contributed by atoms with E-state index in [4.69, 9.17) is 4.18 Å². The average molecular weight is 375 g/mol. The summed E-state index contributed by atoms with van der Waals surface area (Å²) in [6.45, 7) is 10.6. The zero-order valence-corrected chi connectivity index (χ0v) is 16.7. The van der Waals surface area contributed by atoms with E-state index in [0.29, 0.717) is 24.4 Å². The molecule has 26 heavy (non-hydrogen) atoms. The van der Waals surface area contributed by atoms with E-state index in [2.05, 4.69) is 0 Å². The second-order valence-corrected chi connectivity index (χ2v) is 7.74. The van der Waals surface area contributed by atoms with Gasteiger partial charge in [-0.05, 0) is 75.6 Å². The molecule has 0 atom stereocenters. The molecule has 0 fully saturated rings. The molecule has 0 radical (unpaired) electrons. The van der Waals surface area contributed by atoms with Gasteiger partial charge in [0.25, 0.3) is 5.91 Å². The Bertz CT molecular complexity index is 898. The van der Waals surface area contributed by atoms with Gasteiger partial charge in [-0.2, -0.15) is 8.42 Å². The largest absolute Gasteiger partial charge is 0.378 e. The fourth-order valence-electron chi connectivity index (χ4n) is 2.67. The lowest BCUT2D eigenvalue weighted by atomic mass is 10.1. The van der Waals surface area contributed by atoms with Crippen molar-refractivity contribution in [1.29, 1.82) is 0 Å². The summed E-state index contributed by atoms with van der Waals surface area (Å²) in [6, 6.07) is 9.62. The fourth-order valence-corrected chi connectivity index (χ4v) is 3.71. The summed E-state index contributed by atoms with van der Waals surface area (Å²) in [4.78, 5) is 14.0. The second-order valence-electron chi connectivity index (χ2n) is 6.19. The molecule has 0 spiro atoms. The third-order valence-electron chi connectivity index (χ3n) is 4.51. The van der Waals surface area contributed by atoms with Gasteiger partial charge >= 0.3 is 10.1 Å². The number of aryl methyl sites for hydroxylation is 2. The molecule has 0 bridgehead atoms. The number of hydrogen-bond acceptors (Lipinski definition) is 4. The smallest absolute Gasteiger partial charge is 0.339 e. The minimum absolute atomic E-state index is 0.0221. The van der Waals surface area contributed by atoms with Crippen LogP contribution >= 0.6 is 0 Å².